The van der Waals surface area contributed by atoms with Crippen molar-refractivity contribution in [3.05, 3.63) is 0 Å². The van der Waals surface area contributed by atoms with Gasteiger partial charge in [0.25, 0.3) is 0 Å². The van der Waals surface area contributed by atoms with Gasteiger partial charge in [-0.15, -0.1) is 0 Å². The highest BCUT2D eigenvalue weighted by molar-refractivity contribution is 4.79. The topological polar surface area (TPSA) is 12.5 Å². The molecule has 0 aromatic heterocycles. The molecule has 0 saturated carbocycles. The Morgan fingerprint density at radius 2 is 2.31 bits per heavy atom. The lowest BCUT2D eigenvalue weighted by molar-refractivity contribution is 0.107. The first-order valence-electron chi connectivity index (χ1n) is 5.51. The van der Waals surface area contributed by atoms with Gasteiger partial charge in [0.05, 0.1) is 6.61 Å². The number of likely N-dealkylation sites (tertiary alicyclic amines) is 1. The quantitative estimate of drug-likeness (QED) is 0.650. The maximum Gasteiger partial charge on any atom is 0.0618 e. The predicted molar refractivity (Wildman–Crippen MR) is 55.9 cm³/mol. The van der Waals surface area contributed by atoms with Gasteiger partial charge in [0.2, 0.25) is 0 Å². The molecule has 0 N–H and O–H groups in total. The number of hydrogen-bond donors (Lipinski definition) is 0. The monoisotopic (exact) mass is 185 g/mol. The van der Waals surface area contributed by atoms with E-state index in [0.717, 1.165) is 12.5 Å². The Labute approximate surface area is 82.3 Å². The largest absolute Gasteiger partial charge is 0.383 e. The Kier molecular flexibility index (Phi) is 4.74. The van der Waals surface area contributed by atoms with Crippen LogP contribution in [0.4, 0.5) is 0 Å². The molecule has 1 aliphatic rings. The molecule has 2 atom stereocenters. The van der Waals surface area contributed by atoms with Gasteiger partial charge in [-0.3, -0.25) is 4.90 Å². The van der Waals surface area contributed by atoms with Crippen molar-refractivity contribution in [1.29, 1.82) is 0 Å². The third-order valence-electron chi connectivity index (χ3n) is 3.10. The zero-order valence-corrected chi connectivity index (χ0v) is 9.25. The fourth-order valence-corrected chi connectivity index (χ4v) is 2.05. The second kappa shape index (κ2) is 5.61. The number of ether oxygens (including phenoxy) is 1. The summed E-state index contributed by atoms with van der Waals surface area (Å²) < 4.78 is 5.23. The van der Waals surface area contributed by atoms with E-state index >= 15 is 0 Å². The molecular weight excluding hydrogens is 162 g/mol. The predicted octanol–water partition coefficient (Wildman–Crippen LogP) is 2.14. The molecule has 1 fully saturated rings. The summed E-state index contributed by atoms with van der Waals surface area (Å²) in [6, 6.07) is 0.694. The Morgan fingerprint density at radius 1 is 1.54 bits per heavy atom. The van der Waals surface area contributed by atoms with Crippen LogP contribution in [-0.2, 0) is 4.74 Å². The summed E-state index contributed by atoms with van der Waals surface area (Å²) in [6.45, 7) is 8.05. The first-order valence-corrected chi connectivity index (χ1v) is 5.51. The molecule has 0 aliphatic carbocycles. The molecule has 0 amide bonds. The van der Waals surface area contributed by atoms with Crippen LogP contribution in [-0.4, -0.2) is 37.7 Å². The van der Waals surface area contributed by atoms with E-state index in [1.54, 1.807) is 7.11 Å². The molecular formula is C11H23NO. The Morgan fingerprint density at radius 3 is 2.92 bits per heavy atom. The molecule has 0 radical (unpaired) electrons. The van der Waals surface area contributed by atoms with E-state index < -0.39 is 0 Å². The maximum absolute atomic E-state index is 5.23. The molecule has 1 aliphatic heterocycles. The maximum atomic E-state index is 5.23. The molecule has 1 heterocycles. The molecule has 0 aromatic rings. The molecule has 1 rings (SSSR count). The lowest BCUT2D eigenvalue weighted by atomic mass is 10.1. The van der Waals surface area contributed by atoms with E-state index in [4.69, 9.17) is 4.74 Å². The summed E-state index contributed by atoms with van der Waals surface area (Å²) in [4.78, 5) is 2.59. The Hall–Kier alpha value is -0.0800. The molecule has 2 heteroatoms. The van der Waals surface area contributed by atoms with Gasteiger partial charge in [-0.1, -0.05) is 20.3 Å². The van der Waals surface area contributed by atoms with E-state index in [0.29, 0.717) is 6.04 Å². The van der Waals surface area contributed by atoms with Crippen LogP contribution in [0.25, 0.3) is 0 Å². The lowest BCUT2D eigenvalue weighted by Crippen LogP contribution is -2.35. The van der Waals surface area contributed by atoms with Gasteiger partial charge in [0.15, 0.2) is 0 Å². The van der Waals surface area contributed by atoms with Gasteiger partial charge >= 0.3 is 0 Å². The third-order valence-corrected chi connectivity index (χ3v) is 3.10. The van der Waals surface area contributed by atoms with Crippen molar-refractivity contribution in [3.63, 3.8) is 0 Å². The molecule has 1 saturated heterocycles. The van der Waals surface area contributed by atoms with Gasteiger partial charge in [-0.2, -0.15) is 0 Å². The third kappa shape index (κ3) is 3.28. The minimum atomic E-state index is 0.694. The summed E-state index contributed by atoms with van der Waals surface area (Å²) in [5.41, 5.74) is 0. The van der Waals surface area contributed by atoms with Gasteiger partial charge in [-0.05, 0) is 25.3 Å². The molecule has 0 aromatic carbocycles. The highest BCUT2D eigenvalue weighted by Gasteiger charge is 2.24. The Balaban J connectivity index is 2.30. The average molecular weight is 185 g/mol. The standard InChI is InChI=1S/C11H23NO/c1-4-10(2)8-12-7-5-6-11(12)9-13-3/h10-11H,4-9H2,1-3H3. The Bertz CT molecular complexity index is 138. The summed E-state index contributed by atoms with van der Waals surface area (Å²) in [6.07, 6.45) is 3.96. The van der Waals surface area contributed by atoms with E-state index in [9.17, 15) is 0 Å². The van der Waals surface area contributed by atoms with Crippen LogP contribution in [0.5, 0.6) is 0 Å². The van der Waals surface area contributed by atoms with E-state index in [2.05, 4.69) is 18.7 Å². The van der Waals surface area contributed by atoms with Crippen LogP contribution in [0.3, 0.4) is 0 Å². The van der Waals surface area contributed by atoms with Crippen LogP contribution in [0.1, 0.15) is 33.1 Å². The average Bonchev–Trinajstić information content (AvgIpc) is 2.54. The second-order valence-corrected chi connectivity index (χ2v) is 4.26. The van der Waals surface area contributed by atoms with Crippen LogP contribution >= 0.6 is 0 Å². The smallest absolute Gasteiger partial charge is 0.0618 e. The van der Waals surface area contributed by atoms with E-state index in [-0.39, 0.29) is 0 Å². The SMILES string of the molecule is CCC(C)CN1CCCC1COC. The van der Waals surface area contributed by atoms with Gasteiger partial charge in [0, 0.05) is 19.7 Å². The van der Waals surface area contributed by atoms with Crippen LogP contribution in [0.15, 0.2) is 0 Å². The van der Waals surface area contributed by atoms with E-state index in [1.165, 1.54) is 32.4 Å². The van der Waals surface area contributed by atoms with Gasteiger partial charge in [-0.25, -0.2) is 0 Å². The molecule has 78 valence electrons. The second-order valence-electron chi connectivity index (χ2n) is 4.26. The number of hydrogen-bond acceptors (Lipinski definition) is 2. The van der Waals surface area contributed by atoms with Crippen molar-refractivity contribution < 1.29 is 4.74 Å². The number of nitrogens with zero attached hydrogens (tertiary/aromatic N) is 1. The molecule has 2 nitrogen and oxygen atoms in total. The van der Waals surface area contributed by atoms with Crippen molar-refractivity contribution >= 4 is 0 Å². The van der Waals surface area contributed by atoms with Crippen molar-refractivity contribution in [3.8, 4) is 0 Å². The van der Waals surface area contributed by atoms with Crippen molar-refractivity contribution in [2.24, 2.45) is 5.92 Å². The fraction of sp³-hybridized carbons (Fsp3) is 1.00. The van der Waals surface area contributed by atoms with Crippen molar-refractivity contribution in [1.82, 2.24) is 4.90 Å². The van der Waals surface area contributed by atoms with Crippen LogP contribution in [0.2, 0.25) is 0 Å². The normalized spacial score (nSPS) is 26.5. The fourth-order valence-electron chi connectivity index (χ4n) is 2.05. The highest BCUT2D eigenvalue weighted by Crippen LogP contribution is 2.19. The summed E-state index contributed by atoms with van der Waals surface area (Å²) >= 11 is 0. The van der Waals surface area contributed by atoms with Gasteiger partial charge in [0.1, 0.15) is 0 Å². The van der Waals surface area contributed by atoms with Crippen molar-refractivity contribution in [2.75, 3.05) is 26.8 Å². The van der Waals surface area contributed by atoms with Crippen LogP contribution < -0.4 is 0 Å². The number of rotatable bonds is 5. The first-order chi connectivity index (χ1) is 6.27. The van der Waals surface area contributed by atoms with Crippen molar-refractivity contribution in [2.45, 2.75) is 39.2 Å². The first kappa shape index (κ1) is 11.0. The highest BCUT2D eigenvalue weighted by atomic mass is 16.5. The summed E-state index contributed by atoms with van der Waals surface area (Å²) in [7, 11) is 1.81. The summed E-state index contributed by atoms with van der Waals surface area (Å²) in [5, 5.41) is 0. The molecule has 13 heavy (non-hydrogen) atoms. The molecule has 0 spiro atoms. The minimum Gasteiger partial charge on any atom is -0.383 e. The lowest BCUT2D eigenvalue weighted by Gasteiger charge is -2.26. The minimum absolute atomic E-state index is 0.694. The number of methoxy groups -OCH3 is 1. The summed E-state index contributed by atoms with van der Waals surface area (Å²) in [5.74, 6) is 0.831. The van der Waals surface area contributed by atoms with Gasteiger partial charge < -0.3 is 4.74 Å². The van der Waals surface area contributed by atoms with Crippen LogP contribution in [0, 0.1) is 5.92 Å². The zero-order valence-electron chi connectivity index (χ0n) is 9.25. The van der Waals surface area contributed by atoms with E-state index in [1.807, 2.05) is 0 Å². The molecule has 2 unspecified atom stereocenters. The molecule has 0 bridgehead atoms. The zero-order chi connectivity index (χ0) is 9.68.